The molecule has 0 aromatic heterocycles. The molecule has 0 saturated heterocycles. The Morgan fingerprint density at radius 3 is 1.12 bits per heavy atom. The summed E-state index contributed by atoms with van der Waals surface area (Å²) >= 11 is 0. The largest absolute Gasteiger partial charge is 0.462 e. The first-order valence-corrected chi connectivity index (χ1v) is 15.0. The lowest BCUT2D eigenvalue weighted by Crippen LogP contribution is -2.45. The third-order valence-corrected chi connectivity index (χ3v) is 6.98. The van der Waals surface area contributed by atoms with E-state index < -0.39 is 0 Å². The molecule has 0 heterocycles. The molecule has 198 valence electrons. The Hall–Kier alpha value is -0.570. The van der Waals surface area contributed by atoms with Crippen molar-refractivity contribution in [1.29, 1.82) is 0 Å². The van der Waals surface area contributed by atoms with Crippen molar-refractivity contribution in [2.45, 2.75) is 155 Å². The van der Waals surface area contributed by atoms with Crippen LogP contribution in [0.3, 0.4) is 0 Å². The Balaban J connectivity index is 3.20. The molecule has 0 saturated carbocycles. The van der Waals surface area contributed by atoms with E-state index in [-0.39, 0.29) is 5.97 Å². The lowest BCUT2D eigenvalue weighted by molar-refractivity contribution is -0.883. The molecule has 0 aliphatic heterocycles. The van der Waals surface area contributed by atoms with Crippen molar-refractivity contribution in [3.05, 3.63) is 0 Å². The van der Waals surface area contributed by atoms with Gasteiger partial charge in [-0.15, -0.1) is 0 Å². The number of rotatable bonds is 26. The van der Waals surface area contributed by atoms with E-state index in [4.69, 9.17) is 4.74 Å². The number of likely N-dealkylation sites (N-methyl/N-ethyl adjacent to an activating group) is 1. The monoisotopic (exact) mass is 468 g/mol. The fourth-order valence-electron chi connectivity index (χ4n) is 4.78. The van der Waals surface area contributed by atoms with Crippen LogP contribution in [-0.4, -0.2) is 44.2 Å². The van der Waals surface area contributed by atoms with Crippen molar-refractivity contribution in [3.63, 3.8) is 0 Å². The zero-order valence-electron chi connectivity index (χ0n) is 23.4. The van der Waals surface area contributed by atoms with E-state index in [1.165, 1.54) is 141 Å². The van der Waals surface area contributed by atoms with E-state index in [1.807, 2.05) is 6.92 Å². The van der Waals surface area contributed by atoms with Crippen LogP contribution in [-0.2, 0) is 9.53 Å². The summed E-state index contributed by atoms with van der Waals surface area (Å²) in [5.41, 5.74) is 0. The maximum Gasteiger partial charge on any atom is 0.361 e. The molecule has 3 nitrogen and oxygen atoms in total. The second kappa shape index (κ2) is 24.6. The maximum atomic E-state index is 11.6. The summed E-state index contributed by atoms with van der Waals surface area (Å²) in [6.07, 6.45) is 31.3. The summed E-state index contributed by atoms with van der Waals surface area (Å²) in [5.74, 6) is -0.0682. The average Bonchev–Trinajstić information content (AvgIpc) is 2.77. The smallest absolute Gasteiger partial charge is 0.361 e. The van der Waals surface area contributed by atoms with Gasteiger partial charge in [-0.05, 0) is 19.8 Å². The number of hydrogen-bond acceptors (Lipinski definition) is 2. The molecule has 0 spiro atoms. The molecule has 0 aromatic rings. The average molecular weight is 469 g/mol. The second-order valence-corrected chi connectivity index (χ2v) is 11.0. The minimum Gasteiger partial charge on any atom is -0.462 e. The molecule has 0 N–H and O–H groups in total. The highest BCUT2D eigenvalue weighted by Crippen LogP contribution is 2.15. The Labute approximate surface area is 209 Å². The Morgan fingerprint density at radius 2 is 0.818 bits per heavy atom. The quantitative estimate of drug-likeness (QED) is 0.0718. The van der Waals surface area contributed by atoms with Crippen LogP contribution >= 0.6 is 0 Å². The highest BCUT2D eigenvalue weighted by molar-refractivity contribution is 5.70. The minimum atomic E-state index is -0.0682. The molecule has 0 atom stereocenters. The Kier molecular flexibility index (Phi) is 24.1. The number of ether oxygens (including phenoxy) is 1. The fourth-order valence-corrected chi connectivity index (χ4v) is 4.78. The van der Waals surface area contributed by atoms with Crippen molar-refractivity contribution in [1.82, 2.24) is 0 Å². The molecule has 0 radical (unpaired) electrons. The van der Waals surface area contributed by atoms with Crippen LogP contribution in [0.15, 0.2) is 0 Å². The molecular weight excluding hydrogens is 406 g/mol. The molecule has 33 heavy (non-hydrogen) atoms. The second-order valence-electron chi connectivity index (χ2n) is 11.0. The van der Waals surface area contributed by atoms with E-state index in [0.717, 1.165) is 11.0 Å². The third-order valence-electron chi connectivity index (χ3n) is 6.98. The van der Waals surface area contributed by atoms with Crippen LogP contribution in [0.25, 0.3) is 0 Å². The Bertz CT molecular complexity index is 408. The van der Waals surface area contributed by atoms with Gasteiger partial charge in [-0.2, -0.15) is 0 Å². The summed E-state index contributed by atoms with van der Waals surface area (Å²) in [4.78, 5) is 11.6. The number of hydrogen-bond donors (Lipinski definition) is 0. The van der Waals surface area contributed by atoms with E-state index in [2.05, 4.69) is 21.0 Å². The van der Waals surface area contributed by atoms with Gasteiger partial charge in [0.2, 0.25) is 0 Å². The Morgan fingerprint density at radius 1 is 0.515 bits per heavy atom. The van der Waals surface area contributed by atoms with Crippen LogP contribution in [0, 0.1) is 0 Å². The number of unbranched alkanes of at least 4 members (excludes halogenated alkanes) is 21. The van der Waals surface area contributed by atoms with Crippen LogP contribution in [0.1, 0.15) is 155 Å². The van der Waals surface area contributed by atoms with Gasteiger partial charge in [0.05, 0.1) is 27.2 Å². The fraction of sp³-hybridized carbons (Fsp3) is 0.967. The van der Waals surface area contributed by atoms with Crippen molar-refractivity contribution in [2.24, 2.45) is 0 Å². The molecule has 0 fully saturated rings. The van der Waals surface area contributed by atoms with Crippen LogP contribution in [0.4, 0.5) is 0 Å². The van der Waals surface area contributed by atoms with Gasteiger partial charge in [-0.25, -0.2) is 4.79 Å². The van der Waals surface area contributed by atoms with Crippen molar-refractivity contribution in [2.75, 3.05) is 33.8 Å². The molecule has 0 aromatic carbocycles. The summed E-state index contributed by atoms with van der Waals surface area (Å²) in [5, 5.41) is 0. The lowest BCUT2D eigenvalue weighted by atomic mass is 10.0. The molecule has 0 aliphatic rings. The van der Waals surface area contributed by atoms with Crippen LogP contribution in [0.2, 0.25) is 0 Å². The van der Waals surface area contributed by atoms with E-state index in [1.54, 1.807) is 0 Å². The van der Waals surface area contributed by atoms with Gasteiger partial charge < -0.3 is 9.22 Å². The predicted molar refractivity (Wildman–Crippen MR) is 146 cm³/mol. The van der Waals surface area contributed by atoms with E-state index in [9.17, 15) is 4.79 Å². The highest BCUT2D eigenvalue weighted by atomic mass is 16.5. The standard InChI is InChI=1S/C30H62NO2/c1-5-7-8-9-10-11-12-13-14-15-16-17-18-19-20-21-22-23-24-25-26-27-28-31(3,4)29-30(32)33-6-2/h5-29H2,1-4H3/q+1. The van der Waals surface area contributed by atoms with Gasteiger partial charge in [0.1, 0.15) is 0 Å². The summed E-state index contributed by atoms with van der Waals surface area (Å²) in [6, 6.07) is 0. The lowest BCUT2D eigenvalue weighted by Gasteiger charge is -2.28. The molecule has 3 heteroatoms. The SMILES string of the molecule is CCCCCCCCCCCCCCCCCCCCCCCC[N+](C)(C)CC(=O)OCC. The molecular formula is C30H62NO2+. The minimum absolute atomic E-state index is 0.0682. The molecule has 0 rings (SSSR count). The number of esters is 1. The molecule has 0 aliphatic carbocycles. The first-order valence-electron chi connectivity index (χ1n) is 15.0. The van der Waals surface area contributed by atoms with Gasteiger partial charge in [-0.3, -0.25) is 0 Å². The number of quaternary nitrogens is 1. The van der Waals surface area contributed by atoms with E-state index >= 15 is 0 Å². The number of nitrogens with zero attached hydrogens (tertiary/aromatic N) is 1. The summed E-state index contributed by atoms with van der Waals surface area (Å²) < 4.78 is 5.82. The van der Waals surface area contributed by atoms with Crippen molar-refractivity contribution in [3.8, 4) is 0 Å². The number of carbonyl (C=O) groups is 1. The van der Waals surface area contributed by atoms with Gasteiger partial charge in [0.25, 0.3) is 0 Å². The predicted octanol–water partition coefficient (Wildman–Crippen LogP) is 9.23. The summed E-state index contributed by atoms with van der Waals surface area (Å²) in [7, 11) is 4.27. The first kappa shape index (κ1) is 32.4. The maximum absolute atomic E-state index is 11.6. The van der Waals surface area contributed by atoms with Gasteiger partial charge in [-0.1, -0.05) is 135 Å². The van der Waals surface area contributed by atoms with Gasteiger partial charge >= 0.3 is 5.97 Å². The van der Waals surface area contributed by atoms with Crippen molar-refractivity contribution >= 4 is 5.97 Å². The van der Waals surface area contributed by atoms with E-state index in [0.29, 0.717) is 13.2 Å². The highest BCUT2D eigenvalue weighted by Gasteiger charge is 2.20. The zero-order valence-corrected chi connectivity index (χ0v) is 23.4. The number of carbonyl (C=O) groups excluding carboxylic acids is 1. The molecule has 0 bridgehead atoms. The normalized spacial score (nSPS) is 11.8. The third kappa shape index (κ3) is 25.9. The first-order chi connectivity index (χ1) is 16.0. The van der Waals surface area contributed by atoms with Crippen LogP contribution < -0.4 is 0 Å². The summed E-state index contributed by atoms with van der Waals surface area (Å²) in [6.45, 7) is 6.21. The van der Waals surface area contributed by atoms with Gasteiger partial charge in [0, 0.05) is 0 Å². The molecule has 0 unspecified atom stereocenters. The van der Waals surface area contributed by atoms with Crippen LogP contribution in [0.5, 0.6) is 0 Å². The van der Waals surface area contributed by atoms with Crippen molar-refractivity contribution < 1.29 is 14.0 Å². The van der Waals surface area contributed by atoms with Gasteiger partial charge in [0.15, 0.2) is 6.54 Å². The molecule has 0 amide bonds. The topological polar surface area (TPSA) is 26.3 Å². The zero-order chi connectivity index (χ0) is 24.5.